The lowest BCUT2D eigenvalue weighted by atomic mass is 10.1. The number of primary amides is 1. The summed E-state index contributed by atoms with van der Waals surface area (Å²) in [4.78, 5) is 20.3. The molecule has 70 valence electrons. The Bertz CT molecular complexity index is 184. The second kappa shape index (κ2) is 4.62. The molecule has 0 aromatic heterocycles. The van der Waals surface area contributed by atoms with Gasteiger partial charge in [-0.2, -0.15) is 0 Å². The lowest BCUT2D eigenvalue weighted by Gasteiger charge is -2.12. The van der Waals surface area contributed by atoms with Crippen molar-refractivity contribution in [3.05, 3.63) is 0 Å². The van der Waals surface area contributed by atoms with Gasteiger partial charge in [-0.3, -0.25) is 14.8 Å². The van der Waals surface area contributed by atoms with Gasteiger partial charge in [0.05, 0.1) is 0 Å². The van der Waals surface area contributed by atoms with Crippen molar-refractivity contribution in [2.24, 2.45) is 5.73 Å². The van der Waals surface area contributed by atoms with E-state index in [-0.39, 0.29) is 6.42 Å². The summed E-state index contributed by atoms with van der Waals surface area (Å²) < 4.78 is 12.0. The van der Waals surface area contributed by atoms with E-state index in [1.54, 1.807) is 0 Å². The monoisotopic (exact) mass is 180 g/mol. The quantitative estimate of drug-likeness (QED) is 0.382. The van der Waals surface area contributed by atoms with E-state index in [0.717, 1.165) is 0 Å². The molecule has 1 atom stereocenters. The molecule has 7 heteroatoms. The summed E-state index contributed by atoms with van der Waals surface area (Å²) in [6.07, 6.45) is -0.799. The Morgan fingerprint density at radius 2 is 2.08 bits per heavy atom. The van der Waals surface area contributed by atoms with Gasteiger partial charge in [0.1, 0.15) is 6.04 Å². The molecular weight excluding hydrogens is 171 g/mol. The molecule has 12 heavy (non-hydrogen) atoms. The number of amides is 1. The van der Waals surface area contributed by atoms with E-state index in [1.807, 2.05) is 0 Å². The number of aliphatic carboxylic acids is 1. The topological polar surface area (TPSA) is 104 Å². The van der Waals surface area contributed by atoms with Crippen molar-refractivity contribution < 1.29 is 24.4 Å². The van der Waals surface area contributed by atoms with Gasteiger partial charge in [0.15, 0.2) is 0 Å². The zero-order valence-corrected chi connectivity index (χ0v) is 6.11. The Labute approximate surface area is 67.3 Å². The highest BCUT2D eigenvalue weighted by Gasteiger charge is 2.23. The Morgan fingerprint density at radius 1 is 1.58 bits per heavy atom. The van der Waals surface area contributed by atoms with Crippen molar-refractivity contribution >= 4 is 11.9 Å². The molecule has 0 bridgehead atoms. The molecule has 0 aromatic rings. The second-order valence-electron chi connectivity index (χ2n) is 2.14. The molecule has 4 N–H and O–H groups in total. The van der Waals surface area contributed by atoms with Crippen molar-refractivity contribution in [3.8, 4) is 0 Å². The predicted octanol–water partition coefficient (Wildman–Crippen LogP) is -0.719. The van der Waals surface area contributed by atoms with Crippen LogP contribution in [0, 0.1) is 0 Å². The number of rotatable bonds is 5. The van der Waals surface area contributed by atoms with Gasteiger partial charge < -0.3 is 10.8 Å². The summed E-state index contributed by atoms with van der Waals surface area (Å²) >= 11 is 0. The number of hydrogen-bond acceptors (Lipinski definition) is 4. The number of nitrogens with zero attached hydrogens (tertiary/aromatic N) is 1. The molecule has 0 aromatic carbocycles. The van der Waals surface area contributed by atoms with Crippen molar-refractivity contribution in [2.45, 2.75) is 18.9 Å². The number of halogens is 1. The van der Waals surface area contributed by atoms with Gasteiger partial charge in [-0.15, -0.1) is 4.48 Å². The lowest BCUT2D eigenvalue weighted by molar-refractivity contribution is -0.260. The third-order valence-electron chi connectivity index (χ3n) is 1.22. The molecule has 0 heterocycles. The third-order valence-corrected chi connectivity index (χ3v) is 1.22. The molecule has 0 saturated heterocycles. The van der Waals surface area contributed by atoms with Gasteiger partial charge in [-0.05, 0) is 11.7 Å². The zero-order valence-electron chi connectivity index (χ0n) is 6.11. The highest BCUT2D eigenvalue weighted by Crippen LogP contribution is 2.04. The van der Waals surface area contributed by atoms with Crippen LogP contribution in [0.2, 0.25) is 0 Å². The molecule has 0 aliphatic rings. The lowest BCUT2D eigenvalue weighted by Crippen LogP contribution is -2.39. The first-order chi connectivity index (χ1) is 5.45. The minimum absolute atomic E-state index is 0.363. The minimum atomic E-state index is -1.60. The van der Waals surface area contributed by atoms with Crippen LogP contribution in [0.3, 0.4) is 0 Å². The fourth-order valence-corrected chi connectivity index (χ4v) is 0.614. The summed E-state index contributed by atoms with van der Waals surface area (Å²) in [6.45, 7) is 0. The minimum Gasteiger partial charge on any atom is -0.481 e. The fraction of sp³-hybridized carbons (Fsp3) is 0.600. The average Bonchev–Trinajstić information content (AvgIpc) is 1.84. The summed E-state index contributed by atoms with van der Waals surface area (Å²) in [5.41, 5.74) is 4.65. The van der Waals surface area contributed by atoms with Crippen LogP contribution in [0.5, 0.6) is 0 Å². The van der Waals surface area contributed by atoms with Crippen LogP contribution in [0.25, 0.3) is 0 Å². The first-order valence-corrected chi connectivity index (χ1v) is 3.10. The highest BCUT2D eigenvalue weighted by molar-refractivity contribution is 5.80. The molecule has 0 spiro atoms. The van der Waals surface area contributed by atoms with E-state index in [0.29, 0.717) is 0 Å². The maximum Gasteiger partial charge on any atom is 0.303 e. The van der Waals surface area contributed by atoms with Crippen LogP contribution < -0.4 is 5.73 Å². The number of carboxylic acid groups (broad SMARTS) is 1. The van der Waals surface area contributed by atoms with Gasteiger partial charge in [0.2, 0.25) is 5.91 Å². The van der Waals surface area contributed by atoms with E-state index < -0.39 is 29.6 Å². The van der Waals surface area contributed by atoms with Crippen molar-refractivity contribution in [3.63, 3.8) is 0 Å². The summed E-state index contributed by atoms with van der Waals surface area (Å²) in [5, 5.41) is 15.4. The Morgan fingerprint density at radius 3 is 2.33 bits per heavy atom. The molecule has 0 saturated carbocycles. The average molecular weight is 180 g/mol. The molecule has 1 amide bonds. The van der Waals surface area contributed by atoms with Gasteiger partial charge in [0.25, 0.3) is 0 Å². The van der Waals surface area contributed by atoms with Gasteiger partial charge in [-0.25, -0.2) is 0 Å². The Hall–Kier alpha value is -1.21. The molecular formula is C5H9FN2O4. The van der Waals surface area contributed by atoms with Crippen LogP contribution in [0.1, 0.15) is 12.8 Å². The van der Waals surface area contributed by atoms with E-state index in [2.05, 4.69) is 5.73 Å². The number of hydrogen-bond donors (Lipinski definition) is 3. The van der Waals surface area contributed by atoms with Crippen molar-refractivity contribution in [2.75, 3.05) is 0 Å². The Balaban J connectivity index is 3.97. The maximum atomic E-state index is 12.0. The molecule has 0 fully saturated rings. The molecule has 0 rings (SSSR count). The van der Waals surface area contributed by atoms with E-state index in [4.69, 9.17) is 10.3 Å². The molecule has 0 radical (unpaired) electrons. The maximum absolute atomic E-state index is 12.0. The van der Waals surface area contributed by atoms with E-state index in [9.17, 15) is 14.1 Å². The number of hydroxylamine groups is 1. The van der Waals surface area contributed by atoms with Crippen LogP contribution in [0.15, 0.2) is 0 Å². The number of carboxylic acids is 1. The fourth-order valence-electron chi connectivity index (χ4n) is 0.614. The highest BCUT2D eigenvalue weighted by atomic mass is 19.2. The summed E-state index contributed by atoms with van der Waals surface area (Å²) in [5.74, 6) is -2.30. The van der Waals surface area contributed by atoms with Crippen LogP contribution in [-0.4, -0.2) is 33.5 Å². The molecule has 0 aliphatic carbocycles. The second-order valence-corrected chi connectivity index (χ2v) is 2.14. The smallest absolute Gasteiger partial charge is 0.303 e. The SMILES string of the molecule is NC(=O)C(CCC(=O)O)N(O)F. The van der Waals surface area contributed by atoms with E-state index in [1.165, 1.54) is 0 Å². The van der Waals surface area contributed by atoms with Crippen molar-refractivity contribution in [1.82, 2.24) is 5.29 Å². The normalized spacial score (nSPS) is 12.9. The zero-order chi connectivity index (χ0) is 9.72. The summed E-state index contributed by atoms with van der Waals surface area (Å²) in [6, 6.07) is -1.60. The molecule has 1 unspecified atom stereocenters. The van der Waals surface area contributed by atoms with Gasteiger partial charge in [0, 0.05) is 6.42 Å². The predicted molar refractivity (Wildman–Crippen MR) is 34.6 cm³/mol. The van der Waals surface area contributed by atoms with Crippen LogP contribution >= 0.6 is 0 Å². The van der Waals surface area contributed by atoms with Crippen molar-refractivity contribution in [1.29, 1.82) is 0 Å². The van der Waals surface area contributed by atoms with E-state index >= 15 is 0 Å². The number of nitrogens with two attached hydrogens (primary N) is 1. The first kappa shape index (κ1) is 10.8. The molecule has 0 aliphatic heterocycles. The number of carbonyl (C=O) groups is 2. The third kappa shape index (κ3) is 3.84. The Kier molecular flexibility index (Phi) is 4.16. The van der Waals surface area contributed by atoms with Gasteiger partial charge in [-0.1, -0.05) is 0 Å². The molecule has 6 nitrogen and oxygen atoms in total. The standard InChI is InChI=1S/C5H9FN2O4/c6-8(12)3(5(7)11)1-2-4(9)10/h3,12H,1-2H2,(H2,7,11)(H,9,10). The van der Waals surface area contributed by atoms with Crippen LogP contribution in [0.4, 0.5) is 4.48 Å². The largest absolute Gasteiger partial charge is 0.481 e. The first-order valence-electron chi connectivity index (χ1n) is 3.10. The van der Waals surface area contributed by atoms with Crippen LogP contribution in [-0.2, 0) is 9.59 Å². The number of carbonyl (C=O) groups excluding carboxylic acids is 1. The van der Waals surface area contributed by atoms with Gasteiger partial charge >= 0.3 is 5.97 Å². The summed E-state index contributed by atoms with van der Waals surface area (Å²) in [7, 11) is 0.